The number of amides is 1. The first-order chi connectivity index (χ1) is 13.0. The van der Waals surface area contributed by atoms with Crippen LogP contribution in [0.4, 0.5) is 5.82 Å². The summed E-state index contributed by atoms with van der Waals surface area (Å²) in [5.74, 6) is 1.49. The Labute approximate surface area is 186 Å². The second-order valence-corrected chi connectivity index (χ2v) is 7.64. The molecule has 1 aromatic heterocycles. The van der Waals surface area contributed by atoms with E-state index in [-0.39, 0.29) is 42.7 Å². The number of nitrogens with zero attached hydrogens (tertiary/aromatic N) is 2. The fourth-order valence-electron chi connectivity index (χ4n) is 3.42. The van der Waals surface area contributed by atoms with Gasteiger partial charge < -0.3 is 16.0 Å². The zero-order chi connectivity index (χ0) is 19.2. The van der Waals surface area contributed by atoms with Gasteiger partial charge in [-0.05, 0) is 36.0 Å². The van der Waals surface area contributed by atoms with E-state index in [1.165, 1.54) is 12.8 Å². The second kappa shape index (κ2) is 12.0. The van der Waals surface area contributed by atoms with Crippen molar-refractivity contribution in [3.63, 3.8) is 0 Å². The smallest absolute Gasteiger partial charge is 0.225 e. The van der Waals surface area contributed by atoms with E-state index in [0.717, 1.165) is 36.0 Å². The summed E-state index contributed by atoms with van der Waals surface area (Å²) in [5.41, 5.74) is 8.21. The maximum absolute atomic E-state index is 12.5. The fourth-order valence-corrected chi connectivity index (χ4v) is 3.42. The topological polar surface area (TPSA) is 71.2 Å². The number of carbonyl (C=O) groups excluding carboxylic acids is 1. The molecule has 0 saturated carbocycles. The molecule has 0 radical (unpaired) electrons. The molecule has 0 aliphatic carbocycles. The van der Waals surface area contributed by atoms with E-state index in [1.54, 1.807) is 0 Å². The standard InChI is InChI=1S/C22H30N4O.2ClH/c1-16-10-12-26(13-11-16)20-9-8-18(14-24-20)15-25-22(27)17(2)21(23)19-6-4-3-5-7-19;;/h3-9,14,16-17,21H,10-13,15,23H2,1-2H3,(H,25,27);2*1H. The predicted octanol–water partition coefficient (Wildman–Crippen LogP) is 4.11. The van der Waals surface area contributed by atoms with Gasteiger partial charge in [0, 0.05) is 31.9 Å². The third-order valence-corrected chi connectivity index (χ3v) is 5.52. The molecule has 2 aromatic rings. The number of nitrogens with two attached hydrogens (primary N) is 1. The second-order valence-electron chi connectivity index (χ2n) is 7.64. The number of pyridine rings is 1. The van der Waals surface area contributed by atoms with E-state index >= 15 is 0 Å². The zero-order valence-electron chi connectivity index (χ0n) is 17.1. The van der Waals surface area contributed by atoms with E-state index in [1.807, 2.05) is 49.5 Å². The number of benzene rings is 1. The lowest BCUT2D eigenvalue weighted by atomic mass is 9.94. The van der Waals surface area contributed by atoms with E-state index in [4.69, 9.17) is 5.73 Å². The zero-order valence-corrected chi connectivity index (χ0v) is 18.7. The van der Waals surface area contributed by atoms with Crippen LogP contribution in [-0.4, -0.2) is 24.0 Å². The van der Waals surface area contributed by atoms with Crippen molar-refractivity contribution < 1.29 is 4.79 Å². The van der Waals surface area contributed by atoms with Gasteiger partial charge in [0.1, 0.15) is 5.82 Å². The van der Waals surface area contributed by atoms with E-state index < -0.39 is 0 Å². The van der Waals surface area contributed by atoms with E-state index in [0.29, 0.717) is 6.54 Å². The quantitative estimate of drug-likeness (QED) is 0.711. The van der Waals surface area contributed by atoms with E-state index in [2.05, 4.69) is 28.2 Å². The highest BCUT2D eigenvalue weighted by molar-refractivity contribution is 5.85. The lowest BCUT2D eigenvalue weighted by molar-refractivity contribution is -0.125. The fraction of sp³-hybridized carbons (Fsp3) is 0.455. The largest absolute Gasteiger partial charge is 0.357 e. The monoisotopic (exact) mass is 438 g/mol. The first-order valence-corrected chi connectivity index (χ1v) is 9.82. The molecule has 1 aliphatic rings. The Kier molecular flexibility index (Phi) is 10.4. The number of piperidine rings is 1. The molecular formula is C22H32Cl2N4O. The number of hydrogen-bond acceptors (Lipinski definition) is 4. The maximum Gasteiger partial charge on any atom is 0.225 e. The molecule has 1 aliphatic heterocycles. The lowest BCUT2D eigenvalue weighted by Crippen LogP contribution is -2.35. The Morgan fingerprint density at radius 3 is 2.41 bits per heavy atom. The summed E-state index contributed by atoms with van der Waals surface area (Å²) in [4.78, 5) is 19.4. The van der Waals surface area contributed by atoms with Crippen LogP contribution < -0.4 is 16.0 Å². The summed E-state index contributed by atoms with van der Waals surface area (Å²) >= 11 is 0. The Hall–Kier alpha value is -1.82. The molecule has 3 N–H and O–H groups in total. The number of anilines is 1. The number of carbonyl (C=O) groups is 1. The molecule has 1 fully saturated rings. The highest BCUT2D eigenvalue weighted by atomic mass is 35.5. The Balaban J connectivity index is 0.00000210. The van der Waals surface area contributed by atoms with Crippen molar-refractivity contribution >= 4 is 36.5 Å². The number of aromatic nitrogens is 1. The highest BCUT2D eigenvalue weighted by Gasteiger charge is 2.22. The molecule has 5 nitrogen and oxygen atoms in total. The van der Waals surface area contributed by atoms with Crippen LogP contribution in [0.2, 0.25) is 0 Å². The molecule has 0 bridgehead atoms. The van der Waals surface area contributed by atoms with Crippen molar-refractivity contribution in [3.8, 4) is 0 Å². The van der Waals surface area contributed by atoms with Crippen LogP contribution in [-0.2, 0) is 11.3 Å². The molecule has 160 valence electrons. The minimum Gasteiger partial charge on any atom is -0.357 e. The molecule has 1 amide bonds. The van der Waals surface area contributed by atoms with Crippen LogP contribution in [0.5, 0.6) is 0 Å². The molecule has 2 unspecified atom stereocenters. The van der Waals surface area contributed by atoms with Crippen molar-refractivity contribution in [1.82, 2.24) is 10.3 Å². The van der Waals surface area contributed by atoms with Gasteiger partial charge in [-0.25, -0.2) is 4.98 Å². The first-order valence-electron chi connectivity index (χ1n) is 9.82. The highest BCUT2D eigenvalue weighted by Crippen LogP contribution is 2.22. The van der Waals surface area contributed by atoms with Crippen molar-refractivity contribution in [3.05, 3.63) is 59.8 Å². The summed E-state index contributed by atoms with van der Waals surface area (Å²) < 4.78 is 0. The van der Waals surface area contributed by atoms with Gasteiger partial charge in [0.2, 0.25) is 5.91 Å². The third-order valence-electron chi connectivity index (χ3n) is 5.52. The summed E-state index contributed by atoms with van der Waals surface area (Å²) in [6, 6.07) is 13.5. The van der Waals surface area contributed by atoms with Crippen LogP contribution in [0.1, 0.15) is 43.9 Å². The summed E-state index contributed by atoms with van der Waals surface area (Å²) in [7, 11) is 0. The van der Waals surface area contributed by atoms with Gasteiger partial charge in [0.25, 0.3) is 0 Å². The molecule has 1 aromatic carbocycles. The molecule has 0 spiro atoms. The number of nitrogens with one attached hydrogen (secondary N) is 1. The maximum atomic E-state index is 12.5. The van der Waals surface area contributed by atoms with Crippen LogP contribution in [0, 0.1) is 11.8 Å². The molecule has 2 heterocycles. The third kappa shape index (κ3) is 6.88. The minimum absolute atomic E-state index is 0. The van der Waals surface area contributed by atoms with Gasteiger partial charge in [0.05, 0.1) is 5.92 Å². The average molecular weight is 439 g/mol. The van der Waals surface area contributed by atoms with Crippen LogP contribution in [0.25, 0.3) is 0 Å². The van der Waals surface area contributed by atoms with Crippen LogP contribution in [0.3, 0.4) is 0 Å². The first kappa shape index (κ1) is 25.2. The van der Waals surface area contributed by atoms with Gasteiger partial charge in [-0.2, -0.15) is 0 Å². The summed E-state index contributed by atoms with van der Waals surface area (Å²) in [6.45, 7) is 6.78. The molecular weight excluding hydrogens is 407 g/mol. The van der Waals surface area contributed by atoms with Crippen molar-refractivity contribution in [2.45, 2.75) is 39.3 Å². The normalized spacial score (nSPS) is 16.2. The predicted molar refractivity (Wildman–Crippen MR) is 124 cm³/mol. The van der Waals surface area contributed by atoms with Crippen molar-refractivity contribution in [2.75, 3.05) is 18.0 Å². The molecule has 2 atom stereocenters. The molecule has 3 rings (SSSR count). The Bertz CT molecular complexity index is 734. The number of hydrogen-bond donors (Lipinski definition) is 2. The van der Waals surface area contributed by atoms with Gasteiger partial charge in [-0.3, -0.25) is 4.79 Å². The molecule has 7 heteroatoms. The average Bonchev–Trinajstić information content (AvgIpc) is 2.72. The summed E-state index contributed by atoms with van der Waals surface area (Å²) in [5, 5.41) is 2.98. The number of halogens is 2. The van der Waals surface area contributed by atoms with Crippen LogP contribution >= 0.6 is 24.8 Å². The van der Waals surface area contributed by atoms with Crippen molar-refractivity contribution in [2.24, 2.45) is 17.6 Å². The van der Waals surface area contributed by atoms with E-state index in [9.17, 15) is 4.79 Å². The molecule has 1 saturated heterocycles. The lowest BCUT2D eigenvalue weighted by Gasteiger charge is -2.31. The number of rotatable bonds is 6. The summed E-state index contributed by atoms with van der Waals surface area (Å²) in [6.07, 6.45) is 4.30. The Morgan fingerprint density at radius 1 is 1.17 bits per heavy atom. The van der Waals surface area contributed by atoms with Gasteiger partial charge >= 0.3 is 0 Å². The van der Waals surface area contributed by atoms with Gasteiger partial charge in [0.15, 0.2) is 0 Å². The van der Waals surface area contributed by atoms with Crippen LogP contribution in [0.15, 0.2) is 48.7 Å². The molecule has 29 heavy (non-hydrogen) atoms. The SMILES string of the molecule is CC1CCN(c2ccc(CNC(=O)C(C)C(N)c3ccccc3)cn2)CC1.Cl.Cl. The minimum atomic E-state index is -0.312. The van der Waals surface area contributed by atoms with Crippen molar-refractivity contribution in [1.29, 1.82) is 0 Å². The van der Waals surface area contributed by atoms with Gasteiger partial charge in [-0.1, -0.05) is 50.2 Å². The Morgan fingerprint density at radius 2 is 1.83 bits per heavy atom. The van der Waals surface area contributed by atoms with Gasteiger partial charge in [-0.15, -0.1) is 24.8 Å².